The minimum absolute atomic E-state index is 0.0349. The van der Waals surface area contributed by atoms with Gasteiger partial charge in [-0.15, -0.1) is 0 Å². The largest absolute Gasteiger partial charge is 0.394 e. The predicted molar refractivity (Wildman–Crippen MR) is 52.6 cm³/mol. The molecule has 2 amide bonds. The molecule has 1 unspecified atom stereocenters. The van der Waals surface area contributed by atoms with Crippen LogP contribution in [0.2, 0.25) is 0 Å². The van der Waals surface area contributed by atoms with Gasteiger partial charge >= 0.3 is 6.03 Å². The van der Waals surface area contributed by atoms with Crippen LogP contribution in [-0.4, -0.2) is 41.8 Å². The maximum Gasteiger partial charge on any atom is 0.317 e. The molecule has 0 heterocycles. The van der Waals surface area contributed by atoms with E-state index < -0.39 is 5.54 Å². The topological polar surface area (TPSA) is 52.6 Å². The smallest absolute Gasteiger partial charge is 0.317 e. The van der Waals surface area contributed by atoms with Gasteiger partial charge in [-0.3, -0.25) is 0 Å². The average Bonchev–Trinajstić information content (AvgIpc) is 2.16. The van der Waals surface area contributed by atoms with Gasteiger partial charge in [0.1, 0.15) is 0 Å². The molecular formula is C9H20N2O2. The van der Waals surface area contributed by atoms with Gasteiger partial charge in [0.25, 0.3) is 0 Å². The Hall–Kier alpha value is -0.770. The van der Waals surface area contributed by atoms with Crippen LogP contribution in [0, 0.1) is 0 Å². The lowest BCUT2D eigenvalue weighted by Gasteiger charge is -2.29. The molecule has 0 fully saturated rings. The normalized spacial score (nSPS) is 14.8. The van der Waals surface area contributed by atoms with Crippen LogP contribution in [0.4, 0.5) is 4.79 Å². The summed E-state index contributed by atoms with van der Waals surface area (Å²) in [4.78, 5) is 13.0. The number of hydrogen-bond acceptors (Lipinski definition) is 2. The minimum atomic E-state index is -0.499. The SMILES string of the molecule is CCN(C)C(=O)NC(C)(CC)CO. The van der Waals surface area contributed by atoms with Crippen molar-refractivity contribution in [3.05, 3.63) is 0 Å². The second kappa shape index (κ2) is 5.07. The number of nitrogens with one attached hydrogen (secondary N) is 1. The van der Waals surface area contributed by atoms with E-state index in [0.29, 0.717) is 13.0 Å². The van der Waals surface area contributed by atoms with Crippen molar-refractivity contribution in [3.8, 4) is 0 Å². The number of hydrogen-bond donors (Lipinski definition) is 2. The molecule has 0 bridgehead atoms. The van der Waals surface area contributed by atoms with E-state index in [2.05, 4.69) is 5.32 Å². The predicted octanol–water partition coefficient (Wildman–Crippen LogP) is 0.809. The van der Waals surface area contributed by atoms with E-state index in [4.69, 9.17) is 5.11 Å². The Kier molecular flexibility index (Phi) is 4.77. The Bertz CT molecular complexity index is 167. The van der Waals surface area contributed by atoms with Gasteiger partial charge in [-0.2, -0.15) is 0 Å². The molecule has 4 nitrogen and oxygen atoms in total. The first-order chi connectivity index (χ1) is 5.99. The zero-order valence-corrected chi connectivity index (χ0v) is 8.92. The molecule has 13 heavy (non-hydrogen) atoms. The number of urea groups is 1. The van der Waals surface area contributed by atoms with Gasteiger partial charge in [0.2, 0.25) is 0 Å². The highest BCUT2D eigenvalue weighted by molar-refractivity contribution is 5.74. The van der Waals surface area contributed by atoms with Crippen molar-refractivity contribution in [1.29, 1.82) is 0 Å². The monoisotopic (exact) mass is 188 g/mol. The third-order valence-corrected chi connectivity index (χ3v) is 2.36. The molecule has 0 radical (unpaired) electrons. The van der Waals surface area contributed by atoms with E-state index >= 15 is 0 Å². The molecule has 0 saturated carbocycles. The van der Waals surface area contributed by atoms with Crippen molar-refractivity contribution in [2.45, 2.75) is 32.7 Å². The lowest BCUT2D eigenvalue weighted by atomic mass is 10.0. The van der Waals surface area contributed by atoms with Gasteiger partial charge in [0.05, 0.1) is 12.1 Å². The standard InChI is InChI=1S/C9H20N2O2/c1-5-9(3,7-12)10-8(13)11(4)6-2/h12H,5-7H2,1-4H3,(H,10,13). The maximum atomic E-state index is 11.4. The molecule has 0 aromatic heterocycles. The van der Waals surface area contributed by atoms with Gasteiger partial charge < -0.3 is 15.3 Å². The van der Waals surface area contributed by atoms with Crippen molar-refractivity contribution in [2.75, 3.05) is 20.2 Å². The molecule has 0 rings (SSSR count). The zero-order chi connectivity index (χ0) is 10.5. The van der Waals surface area contributed by atoms with Crippen molar-refractivity contribution < 1.29 is 9.90 Å². The molecule has 78 valence electrons. The van der Waals surface area contributed by atoms with E-state index in [1.54, 1.807) is 11.9 Å². The van der Waals surface area contributed by atoms with E-state index in [1.165, 1.54) is 0 Å². The van der Waals surface area contributed by atoms with E-state index in [-0.39, 0.29) is 12.6 Å². The summed E-state index contributed by atoms with van der Waals surface area (Å²) < 4.78 is 0. The number of carbonyl (C=O) groups excluding carboxylic acids is 1. The molecule has 0 aliphatic heterocycles. The highest BCUT2D eigenvalue weighted by Gasteiger charge is 2.24. The number of nitrogens with zero attached hydrogens (tertiary/aromatic N) is 1. The fourth-order valence-corrected chi connectivity index (χ4v) is 0.737. The van der Waals surface area contributed by atoms with Crippen molar-refractivity contribution >= 4 is 6.03 Å². The Balaban J connectivity index is 4.17. The minimum Gasteiger partial charge on any atom is -0.394 e. The molecule has 0 aromatic rings. The first-order valence-electron chi connectivity index (χ1n) is 4.63. The number of aliphatic hydroxyl groups excluding tert-OH is 1. The molecule has 0 aliphatic rings. The highest BCUT2D eigenvalue weighted by atomic mass is 16.3. The second-order valence-corrected chi connectivity index (χ2v) is 3.52. The second-order valence-electron chi connectivity index (χ2n) is 3.52. The van der Waals surface area contributed by atoms with Gasteiger partial charge in [0.15, 0.2) is 0 Å². The summed E-state index contributed by atoms with van der Waals surface area (Å²) in [5, 5.41) is 11.8. The number of amides is 2. The summed E-state index contributed by atoms with van der Waals surface area (Å²) in [7, 11) is 1.72. The van der Waals surface area contributed by atoms with Gasteiger partial charge in [-0.1, -0.05) is 6.92 Å². The third-order valence-electron chi connectivity index (χ3n) is 2.36. The highest BCUT2D eigenvalue weighted by Crippen LogP contribution is 2.07. The lowest BCUT2D eigenvalue weighted by Crippen LogP contribution is -2.52. The molecule has 2 N–H and O–H groups in total. The summed E-state index contributed by atoms with van der Waals surface area (Å²) in [6, 6.07) is -0.138. The first kappa shape index (κ1) is 12.2. The molecule has 0 aromatic carbocycles. The van der Waals surface area contributed by atoms with Crippen molar-refractivity contribution in [2.24, 2.45) is 0 Å². The number of aliphatic hydroxyl groups is 1. The Labute approximate surface area is 79.9 Å². The van der Waals surface area contributed by atoms with E-state index in [0.717, 1.165) is 0 Å². The van der Waals surface area contributed by atoms with Crippen molar-refractivity contribution in [1.82, 2.24) is 10.2 Å². The summed E-state index contributed by atoms with van der Waals surface area (Å²) in [5.41, 5.74) is -0.499. The van der Waals surface area contributed by atoms with Gasteiger partial charge in [-0.25, -0.2) is 4.79 Å². The molecule has 0 spiro atoms. The molecular weight excluding hydrogens is 168 g/mol. The number of rotatable bonds is 4. The fourth-order valence-electron chi connectivity index (χ4n) is 0.737. The lowest BCUT2D eigenvalue weighted by molar-refractivity contribution is 0.154. The Morgan fingerprint density at radius 2 is 2.08 bits per heavy atom. The Morgan fingerprint density at radius 1 is 1.54 bits per heavy atom. The van der Waals surface area contributed by atoms with Gasteiger partial charge in [-0.05, 0) is 20.3 Å². The van der Waals surface area contributed by atoms with Crippen LogP contribution in [0.3, 0.4) is 0 Å². The van der Waals surface area contributed by atoms with Crippen LogP contribution in [0.1, 0.15) is 27.2 Å². The quantitative estimate of drug-likeness (QED) is 0.686. The molecule has 4 heteroatoms. The average molecular weight is 188 g/mol. The van der Waals surface area contributed by atoms with Crippen LogP contribution in [-0.2, 0) is 0 Å². The number of carbonyl (C=O) groups is 1. The van der Waals surface area contributed by atoms with E-state index in [1.807, 2.05) is 20.8 Å². The van der Waals surface area contributed by atoms with E-state index in [9.17, 15) is 4.79 Å². The maximum absolute atomic E-state index is 11.4. The molecule has 0 aliphatic carbocycles. The molecule has 0 saturated heterocycles. The van der Waals surface area contributed by atoms with Crippen LogP contribution in [0.25, 0.3) is 0 Å². The summed E-state index contributed by atoms with van der Waals surface area (Å²) in [6.45, 7) is 6.29. The van der Waals surface area contributed by atoms with Crippen LogP contribution < -0.4 is 5.32 Å². The van der Waals surface area contributed by atoms with Crippen molar-refractivity contribution in [3.63, 3.8) is 0 Å². The molecule has 1 atom stereocenters. The first-order valence-corrected chi connectivity index (χ1v) is 4.63. The van der Waals surface area contributed by atoms with Crippen LogP contribution >= 0.6 is 0 Å². The van der Waals surface area contributed by atoms with Gasteiger partial charge in [0, 0.05) is 13.6 Å². The van der Waals surface area contributed by atoms with Crippen LogP contribution in [0.5, 0.6) is 0 Å². The third kappa shape index (κ3) is 3.63. The summed E-state index contributed by atoms with van der Waals surface area (Å²) in [5.74, 6) is 0. The summed E-state index contributed by atoms with van der Waals surface area (Å²) in [6.07, 6.45) is 0.715. The zero-order valence-electron chi connectivity index (χ0n) is 8.92. The fraction of sp³-hybridized carbons (Fsp3) is 0.889. The Morgan fingerprint density at radius 3 is 2.38 bits per heavy atom. The summed E-state index contributed by atoms with van der Waals surface area (Å²) >= 11 is 0. The van der Waals surface area contributed by atoms with Crippen LogP contribution in [0.15, 0.2) is 0 Å².